The Balaban J connectivity index is 0.00000504. The van der Waals surface area contributed by atoms with Crippen LogP contribution in [0.25, 0.3) is 50.5 Å². The number of hydrogen-bond donors (Lipinski definition) is 1. The average Bonchev–Trinajstić information content (AvgIpc) is 3.42. The van der Waals surface area contributed by atoms with Gasteiger partial charge in [-0.1, -0.05) is 131 Å². The zero-order valence-corrected chi connectivity index (χ0v) is 34.5. The van der Waals surface area contributed by atoms with E-state index in [1.165, 1.54) is 22.3 Å². The molecule has 2 heterocycles. The van der Waals surface area contributed by atoms with Crippen LogP contribution in [0.3, 0.4) is 0 Å². The van der Waals surface area contributed by atoms with Gasteiger partial charge in [0.1, 0.15) is 11.6 Å². The first-order valence-corrected chi connectivity index (χ1v) is 17.7. The van der Waals surface area contributed by atoms with E-state index < -0.39 is 0 Å². The third-order valence-corrected chi connectivity index (χ3v) is 9.67. The van der Waals surface area contributed by atoms with Gasteiger partial charge in [0.2, 0.25) is 0 Å². The molecule has 0 fully saturated rings. The van der Waals surface area contributed by atoms with Gasteiger partial charge >= 0.3 is 0 Å². The Morgan fingerprint density at radius 3 is 1.71 bits per heavy atom. The van der Waals surface area contributed by atoms with Gasteiger partial charge in [-0.2, -0.15) is 0 Å². The monoisotopic (exact) mass is 857 g/mol. The third-order valence-electron chi connectivity index (χ3n) is 9.67. The normalized spacial score (nSPS) is 12.6. The van der Waals surface area contributed by atoms with Crippen molar-refractivity contribution < 1.29 is 26.2 Å². The largest absolute Gasteiger partial charge is 0.507 e. The number of imidazole rings is 1. The molecular weight excluding hydrogens is 806 g/mol. The number of rotatable bonds is 4. The number of hydrogen-bond acceptors (Lipinski definition) is 3. The Hall–Kier alpha value is -4.01. The fraction of sp³-hybridized carbons (Fsp3) is 0.348. The zero-order valence-electron chi connectivity index (χ0n) is 32.3. The SMILES string of the molecule is CC(C)(C)c1cc(-c2cc(C(C)(C)C)ccn2)[c-]c(-c2cccc3c2nc(-c2ccccc2O)n3-c2cc(C(C)(C)C)cc(C(C)(C)C)c2)c1.[Pt]. The molecule has 0 saturated heterocycles. The standard InChI is InChI=1S/C46H52N3O.Pt/c1-43(2,3)31-20-21-47-38(28-31)30-22-29(23-32(24-30)44(4,5)6)36-17-15-18-39-41(36)48-42(37-16-13-14-19-40(37)50)49(39)35-26-33(45(7,8)9)25-34(27-35)46(10,11)12;/h13-21,23-28,50H,1-12H3;/q-1;. The maximum Gasteiger partial charge on any atom is 0.148 e. The Morgan fingerprint density at radius 2 is 1.12 bits per heavy atom. The molecule has 4 aromatic carbocycles. The number of fused-ring (bicyclic) bond motifs is 1. The van der Waals surface area contributed by atoms with Gasteiger partial charge in [0.25, 0.3) is 0 Å². The molecule has 0 aliphatic carbocycles. The number of phenols is 1. The van der Waals surface area contributed by atoms with Crippen molar-refractivity contribution in [2.24, 2.45) is 0 Å². The summed E-state index contributed by atoms with van der Waals surface area (Å²) in [7, 11) is 0. The van der Waals surface area contributed by atoms with Gasteiger partial charge in [-0.25, -0.2) is 4.98 Å². The van der Waals surface area contributed by atoms with Crippen molar-refractivity contribution in [3.63, 3.8) is 0 Å². The molecule has 6 aromatic rings. The molecular formula is C46H52N3OPt-. The second-order valence-corrected chi connectivity index (χ2v) is 17.9. The molecule has 5 heteroatoms. The molecule has 1 N–H and O–H groups in total. The molecule has 51 heavy (non-hydrogen) atoms. The molecule has 0 atom stereocenters. The minimum atomic E-state index is -0.106. The molecule has 0 bridgehead atoms. The summed E-state index contributed by atoms with van der Waals surface area (Å²) in [6, 6.07) is 33.3. The Bertz CT molecular complexity index is 2180. The van der Waals surface area contributed by atoms with Gasteiger partial charge < -0.3 is 5.11 Å². The van der Waals surface area contributed by atoms with E-state index in [0.29, 0.717) is 11.4 Å². The van der Waals surface area contributed by atoms with E-state index in [9.17, 15) is 5.11 Å². The van der Waals surface area contributed by atoms with E-state index in [4.69, 9.17) is 9.97 Å². The van der Waals surface area contributed by atoms with Crippen molar-refractivity contribution in [1.82, 2.24) is 14.5 Å². The van der Waals surface area contributed by atoms with Crippen LogP contribution in [0.2, 0.25) is 0 Å². The molecule has 0 aliphatic heterocycles. The Kier molecular flexibility index (Phi) is 10.1. The van der Waals surface area contributed by atoms with Crippen molar-refractivity contribution >= 4 is 11.0 Å². The predicted molar refractivity (Wildman–Crippen MR) is 210 cm³/mol. The van der Waals surface area contributed by atoms with E-state index in [1.54, 1.807) is 6.07 Å². The number of benzene rings is 4. The molecule has 0 spiro atoms. The van der Waals surface area contributed by atoms with Gasteiger partial charge in [-0.15, -0.1) is 29.3 Å². The van der Waals surface area contributed by atoms with Gasteiger partial charge in [0, 0.05) is 38.6 Å². The average molecular weight is 858 g/mol. The summed E-state index contributed by atoms with van der Waals surface area (Å²) >= 11 is 0. The van der Waals surface area contributed by atoms with E-state index in [2.05, 4.69) is 154 Å². The van der Waals surface area contributed by atoms with Crippen LogP contribution in [0.5, 0.6) is 5.75 Å². The molecule has 0 saturated carbocycles. The number of aromatic nitrogens is 3. The molecule has 268 valence electrons. The van der Waals surface area contributed by atoms with Gasteiger partial charge in [0.15, 0.2) is 0 Å². The number of nitrogens with zero attached hydrogens (tertiary/aromatic N) is 3. The summed E-state index contributed by atoms with van der Waals surface area (Å²) < 4.78 is 2.22. The second kappa shape index (κ2) is 13.5. The first kappa shape index (κ1) is 38.2. The summed E-state index contributed by atoms with van der Waals surface area (Å²) in [6.07, 6.45) is 1.91. The van der Waals surface area contributed by atoms with Gasteiger partial charge in [-0.05, 0) is 74.7 Å². The van der Waals surface area contributed by atoms with Crippen LogP contribution in [0.4, 0.5) is 0 Å². The molecule has 0 amide bonds. The predicted octanol–water partition coefficient (Wildman–Crippen LogP) is 12.1. The van der Waals surface area contributed by atoms with Crippen molar-refractivity contribution in [3.05, 3.63) is 119 Å². The van der Waals surface area contributed by atoms with Crippen molar-refractivity contribution in [2.45, 2.75) is 105 Å². The van der Waals surface area contributed by atoms with Crippen molar-refractivity contribution in [3.8, 4) is 45.2 Å². The molecule has 0 aliphatic rings. The molecule has 2 aromatic heterocycles. The second-order valence-electron chi connectivity index (χ2n) is 17.9. The summed E-state index contributed by atoms with van der Waals surface area (Å²) in [5.74, 6) is 0.894. The fourth-order valence-electron chi connectivity index (χ4n) is 6.36. The number of pyridine rings is 1. The minimum absolute atomic E-state index is 0. The summed E-state index contributed by atoms with van der Waals surface area (Å²) in [4.78, 5) is 10.2. The molecule has 6 rings (SSSR count). The molecule has 0 radical (unpaired) electrons. The minimum Gasteiger partial charge on any atom is -0.507 e. The van der Waals surface area contributed by atoms with Crippen LogP contribution >= 0.6 is 0 Å². The van der Waals surface area contributed by atoms with Gasteiger partial charge in [-0.3, -0.25) is 9.55 Å². The molecule has 4 nitrogen and oxygen atoms in total. The Labute approximate surface area is 319 Å². The topological polar surface area (TPSA) is 50.9 Å². The smallest absolute Gasteiger partial charge is 0.148 e. The third kappa shape index (κ3) is 7.77. The number of phenolic OH excluding ortho intramolecular Hbond substituents is 1. The van der Waals surface area contributed by atoms with Crippen LogP contribution < -0.4 is 0 Å². The maximum absolute atomic E-state index is 11.2. The Morgan fingerprint density at radius 1 is 0.569 bits per heavy atom. The summed E-state index contributed by atoms with van der Waals surface area (Å²) in [5, 5.41) is 11.2. The van der Waals surface area contributed by atoms with Crippen LogP contribution in [-0.4, -0.2) is 19.6 Å². The fourth-order valence-corrected chi connectivity index (χ4v) is 6.36. The number of para-hydroxylation sites is 2. The first-order valence-electron chi connectivity index (χ1n) is 17.7. The first-order chi connectivity index (χ1) is 23.2. The van der Waals surface area contributed by atoms with E-state index in [-0.39, 0.29) is 48.5 Å². The van der Waals surface area contributed by atoms with Crippen LogP contribution in [0.1, 0.15) is 105 Å². The summed E-state index contributed by atoms with van der Waals surface area (Å²) in [5.41, 5.74) is 12.1. The van der Waals surface area contributed by atoms with Crippen molar-refractivity contribution in [1.29, 1.82) is 0 Å². The quantitative estimate of drug-likeness (QED) is 0.180. The maximum atomic E-state index is 11.2. The molecule has 0 unspecified atom stereocenters. The van der Waals surface area contributed by atoms with E-state index in [1.807, 2.05) is 24.4 Å². The van der Waals surface area contributed by atoms with Crippen LogP contribution in [-0.2, 0) is 42.7 Å². The van der Waals surface area contributed by atoms with Gasteiger partial charge in [0.05, 0.1) is 16.6 Å². The zero-order chi connectivity index (χ0) is 36.4. The number of aromatic hydroxyl groups is 1. The summed E-state index contributed by atoms with van der Waals surface area (Å²) in [6.45, 7) is 27.0. The van der Waals surface area contributed by atoms with Crippen LogP contribution in [0, 0.1) is 6.07 Å². The van der Waals surface area contributed by atoms with Crippen LogP contribution in [0.15, 0.2) is 91.1 Å². The van der Waals surface area contributed by atoms with Crippen molar-refractivity contribution in [2.75, 3.05) is 0 Å². The van der Waals surface area contributed by atoms with E-state index in [0.717, 1.165) is 39.1 Å². The van der Waals surface area contributed by atoms with E-state index >= 15 is 0 Å².